The molecule has 0 aliphatic rings. The molecule has 0 saturated heterocycles. The van der Waals surface area contributed by atoms with E-state index < -0.39 is 0 Å². The van der Waals surface area contributed by atoms with Crippen LogP contribution in [0.4, 0.5) is 4.39 Å². The lowest BCUT2D eigenvalue weighted by atomic mass is 10.0. The van der Waals surface area contributed by atoms with Crippen molar-refractivity contribution in [1.29, 1.82) is 0 Å². The highest BCUT2D eigenvalue weighted by atomic mass is 35.5. The van der Waals surface area contributed by atoms with Crippen molar-refractivity contribution in [2.24, 2.45) is 7.05 Å². The van der Waals surface area contributed by atoms with Crippen molar-refractivity contribution < 1.29 is 9.13 Å². The molecule has 0 aliphatic carbocycles. The molecule has 0 saturated carbocycles. The predicted octanol–water partition coefficient (Wildman–Crippen LogP) is 3.89. The van der Waals surface area contributed by atoms with Crippen LogP contribution in [-0.4, -0.2) is 31.8 Å². The number of aryl methyl sites for hydroxylation is 1. The SMILES string of the molecule is COc1cc2ncnc(-c3cn(C)nc3-c3ccc(F)cc3)c2nc1Cl. The van der Waals surface area contributed by atoms with Crippen LogP contribution in [0.15, 0.2) is 42.9 Å². The molecule has 3 heterocycles. The van der Waals surface area contributed by atoms with Crippen LogP contribution in [0.3, 0.4) is 0 Å². The van der Waals surface area contributed by atoms with Gasteiger partial charge in [-0.15, -0.1) is 0 Å². The van der Waals surface area contributed by atoms with E-state index in [9.17, 15) is 4.39 Å². The highest BCUT2D eigenvalue weighted by molar-refractivity contribution is 6.31. The third-order valence-electron chi connectivity index (χ3n) is 3.95. The molecule has 4 aromatic rings. The van der Waals surface area contributed by atoms with E-state index in [1.165, 1.54) is 25.6 Å². The predicted molar refractivity (Wildman–Crippen MR) is 96.5 cm³/mol. The lowest BCUT2D eigenvalue weighted by Gasteiger charge is -2.08. The lowest BCUT2D eigenvalue weighted by Crippen LogP contribution is -1.95. The van der Waals surface area contributed by atoms with Gasteiger partial charge >= 0.3 is 0 Å². The number of aromatic nitrogens is 5. The molecule has 1 aromatic carbocycles. The highest BCUT2D eigenvalue weighted by Gasteiger charge is 2.18. The van der Waals surface area contributed by atoms with Gasteiger partial charge in [-0.2, -0.15) is 5.10 Å². The summed E-state index contributed by atoms with van der Waals surface area (Å²) >= 11 is 6.19. The van der Waals surface area contributed by atoms with Crippen LogP contribution >= 0.6 is 11.6 Å². The third kappa shape index (κ3) is 2.76. The molecule has 0 bridgehead atoms. The van der Waals surface area contributed by atoms with E-state index in [4.69, 9.17) is 16.3 Å². The summed E-state index contributed by atoms with van der Waals surface area (Å²) in [6, 6.07) is 7.85. The Labute approximate surface area is 153 Å². The minimum Gasteiger partial charge on any atom is -0.493 e. The van der Waals surface area contributed by atoms with E-state index in [1.54, 1.807) is 22.9 Å². The summed E-state index contributed by atoms with van der Waals surface area (Å²) in [6.45, 7) is 0. The first-order chi connectivity index (χ1) is 12.6. The van der Waals surface area contributed by atoms with Gasteiger partial charge < -0.3 is 4.74 Å². The van der Waals surface area contributed by atoms with E-state index in [2.05, 4.69) is 20.1 Å². The van der Waals surface area contributed by atoms with Crippen molar-refractivity contribution in [3.63, 3.8) is 0 Å². The fourth-order valence-electron chi connectivity index (χ4n) is 2.77. The van der Waals surface area contributed by atoms with Gasteiger partial charge in [0, 0.05) is 30.4 Å². The number of pyridine rings is 1. The number of benzene rings is 1. The quantitative estimate of drug-likeness (QED) is 0.512. The number of methoxy groups -OCH3 is 1. The normalized spacial score (nSPS) is 11.1. The monoisotopic (exact) mass is 369 g/mol. The van der Waals surface area contributed by atoms with Gasteiger partial charge in [0.15, 0.2) is 10.9 Å². The summed E-state index contributed by atoms with van der Waals surface area (Å²) in [5.74, 6) is 0.132. The zero-order valence-electron chi connectivity index (χ0n) is 13.9. The first-order valence-corrected chi connectivity index (χ1v) is 8.10. The smallest absolute Gasteiger partial charge is 0.171 e. The zero-order chi connectivity index (χ0) is 18.3. The van der Waals surface area contributed by atoms with Gasteiger partial charge in [0.05, 0.1) is 12.6 Å². The van der Waals surface area contributed by atoms with Crippen molar-refractivity contribution in [2.75, 3.05) is 7.11 Å². The molecular weight excluding hydrogens is 357 g/mol. The Morgan fingerprint density at radius 3 is 2.62 bits per heavy atom. The fourth-order valence-corrected chi connectivity index (χ4v) is 2.98. The molecule has 0 radical (unpaired) electrons. The topological polar surface area (TPSA) is 65.7 Å². The van der Waals surface area contributed by atoms with Gasteiger partial charge in [0.1, 0.15) is 29.0 Å². The molecule has 6 nitrogen and oxygen atoms in total. The molecule has 0 N–H and O–H groups in total. The van der Waals surface area contributed by atoms with Gasteiger partial charge in [0.2, 0.25) is 0 Å². The summed E-state index contributed by atoms with van der Waals surface area (Å²) in [5, 5.41) is 4.72. The van der Waals surface area contributed by atoms with Crippen LogP contribution < -0.4 is 4.74 Å². The van der Waals surface area contributed by atoms with Crippen molar-refractivity contribution in [2.45, 2.75) is 0 Å². The van der Waals surface area contributed by atoms with Gasteiger partial charge in [-0.05, 0) is 24.3 Å². The van der Waals surface area contributed by atoms with E-state index in [0.29, 0.717) is 28.2 Å². The van der Waals surface area contributed by atoms with Gasteiger partial charge in [-0.3, -0.25) is 4.68 Å². The molecule has 8 heteroatoms. The number of rotatable bonds is 3. The number of halogens is 2. The standard InChI is InChI=1S/C18H13ClFN5O/c1-25-8-12(15(24-25)10-3-5-11(20)6-4-10)16-17-13(21-9-22-16)7-14(26-2)18(19)23-17/h3-9H,1-2H3. The minimum absolute atomic E-state index is 0.225. The number of fused-ring (bicyclic) bond motifs is 1. The first kappa shape index (κ1) is 16.4. The van der Waals surface area contributed by atoms with Gasteiger partial charge in [-0.1, -0.05) is 11.6 Å². The van der Waals surface area contributed by atoms with Crippen LogP contribution in [0, 0.1) is 5.82 Å². The zero-order valence-corrected chi connectivity index (χ0v) is 14.7. The maximum atomic E-state index is 13.3. The second kappa shape index (κ2) is 6.34. The lowest BCUT2D eigenvalue weighted by molar-refractivity contribution is 0.414. The molecule has 130 valence electrons. The van der Waals surface area contributed by atoms with Crippen molar-refractivity contribution in [3.05, 3.63) is 53.8 Å². The molecule has 26 heavy (non-hydrogen) atoms. The summed E-state index contributed by atoms with van der Waals surface area (Å²) in [7, 11) is 3.33. The van der Waals surface area contributed by atoms with E-state index in [-0.39, 0.29) is 11.0 Å². The molecule has 0 spiro atoms. The van der Waals surface area contributed by atoms with Gasteiger partial charge in [-0.25, -0.2) is 19.3 Å². The molecular formula is C18H13ClFN5O. The largest absolute Gasteiger partial charge is 0.493 e. The molecule has 0 amide bonds. The number of hydrogen-bond donors (Lipinski definition) is 0. The molecule has 0 aliphatic heterocycles. The maximum absolute atomic E-state index is 13.3. The Morgan fingerprint density at radius 1 is 1.12 bits per heavy atom. The molecule has 0 unspecified atom stereocenters. The number of nitrogens with zero attached hydrogens (tertiary/aromatic N) is 5. The van der Waals surface area contributed by atoms with Crippen LogP contribution in [-0.2, 0) is 7.05 Å². The minimum atomic E-state index is -0.306. The first-order valence-electron chi connectivity index (χ1n) is 7.72. The van der Waals surface area contributed by atoms with Crippen LogP contribution in [0.5, 0.6) is 5.75 Å². The van der Waals surface area contributed by atoms with Crippen LogP contribution in [0.1, 0.15) is 0 Å². The Bertz CT molecular complexity index is 1110. The highest BCUT2D eigenvalue weighted by Crippen LogP contribution is 2.35. The van der Waals surface area contributed by atoms with E-state index in [0.717, 1.165) is 11.1 Å². The summed E-state index contributed by atoms with van der Waals surface area (Å²) in [6.07, 6.45) is 3.29. The number of hydrogen-bond acceptors (Lipinski definition) is 5. The second-order valence-electron chi connectivity index (χ2n) is 5.64. The van der Waals surface area contributed by atoms with E-state index >= 15 is 0 Å². The fraction of sp³-hybridized carbons (Fsp3) is 0.111. The average Bonchev–Trinajstić information content (AvgIpc) is 3.03. The summed E-state index contributed by atoms with van der Waals surface area (Å²) in [5.41, 5.74) is 3.92. The van der Waals surface area contributed by atoms with Crippen molar-refractivity contribution in [1.82, 2.24) is 24.7 Å². The Balaban J connectivity index is 1.96. The average molecular weight is 370 g/mol. The molecule has 0 atom stereocenters. The Hall–Kier alpha value is -3.06. The summed E-state index contributed by atoms with van der Waals surface area (Å²) in [4.78, 5) is 13.0. The van der Waals surface area contributed by atoms with Crippen molar-refractivity contribution >= 4 is 22.6 Å². The summed E-state index contributed by atoms with van der Waals surface area (Å²) < 4.78 is 20.1. The third-order valence-corrected chi connectivity index (χ3v) is 4.22. The Kier molecular flexibility index (Phi) is 4.00. The van der Waals surface area contributed by atoms with Crippen LogP contribution in [0.2, 0.25) is 5.15 Å². The second-order valence-corrected chi connectivity index (χ2v) is 6.00. The van der Waals surface area contributed by atoms with Crippen molar-refractivity contribution in [3.8, 4) is 28.3 Å². The Morgan fingerprint density at radius 2 is 1.88 bits per heavy atom. The van der Waals surface area contributed by atoms with Crippen LogP contribution in [0.25, 0.3) is 33.5 Å². The van der Waals surface area contributed by atoms with E-state index in [1.807, 2.05) is 13.2 Å². The molecule has 0 fully saturated rings. The molecule has 3 aromatic heterocycles. The molecule has 4 rings (SSSR count). The number of ether oxygens (including phenoxy) is 1. The maximum Gasteiger partial charge on any atom is 0.171 e. The van der Waals surface area contributed by atoms with Gasteiger partial charge in [0.25, 0.3) is 0 Å².